The Morgan fingerprint density at radius 1 is 1.26 bits per heavy atom. The molecule has 0 fully saturated rings. The van der Waals surface area contributed by atoms with Crippen LogP contribution < -0.4 is 14.8 Å². The molecule has 1 N–H and O–H groups in total. The van der Waals surface area contributed by atoms with Gasteiger partial charge in [-0.2, -0.15) is 0 Å². The number of nitrogens with zero attached hydrogens (tertiary/aromatic N) is 3. The Balaban J connectivity index is 1.55. The molecule has 0 atom stereocenters. The highest BCUT2D eigenvalue weighted by molar-refractivity contribution is 9.10. The number of hydrogen-bond donors (Lipinski definition) is 1. The maximum atomic E-state index is 12.5. The van der Waals surface area contributed by atoms with E-state index >= 15 is 0 Å². The Hall–Kier alpha value is -2.49. The van der Waals surface area contributed by atoms with Crippen molar-refractivity contribution in [3.63, 3.8) is 0 Å². The summed E-state index contributed by atoms with van der Waals surface area (Å²) in [5.41, 5.74) is 1.60. The van der Waals surface area contributed by atoms with E-state index in [0.717, 1.165) is 28.0 Å². The summed E-state index contributed by atoms with van der Waals surface area (Å²) in [6, 6.07) is 11.0. The summed E-state index contributed by atoms with van der Waals surface area (Å²) in [6.07, 6.45) is 3.27. The standard InChI is InChI=1S/C24H26BrClN4O3S/c1-4-11-30-22(6-5-12-33-20-9-7-17(25)13-16(20)2)28-29-24(30)34-15-23(31)27-19-14-18(26)8-10-21(19)32-3/h4,7-10,13-14H,1,5-6,11-12,15H2,2-3H3,(H,27,31). The fourth-order valence-electron chi connectivity index (χ4n) is 3.20. The maximum absolute atomic E-state index is 12.5. The van der Waals surface area contributed by atoms with Gasteiger partial charge in [0, 0.05) is 22.5 Å². The third kappa shape index (κ3) is 7.25. The van der Waals surface area contributed by atoms with Gasteiger partial charge in [-0.05, 0) is 55.3 Å². The van der Waals surface area contributed by atoms with Crippen molar-refractivity contribution in [1.29, 1.82) is 0 Å². The Morgan fingerprint density at radius 3 is 2.79 bits per heavy atom. The number of halogens is 2. The number of methoxy groups -OCH3 is 1. The summed E-state index contributed by atoms with van der Waals surface area (Å²) >= 11 is 10.8. The van der Waals surface area contributed by atoms with Crippen LogP contribution >= 0.6 is 39.3 Å². The van der Waals surface area contributed by atoms with Crippen LogP contribution in [0, 0.1) is 6.92 Å². The van der Waals surface area contributed by atoms with Crippen LogP contribution in [0.4, 0.5) is 5.69 Å². The number of anilines is 1. The zero-order chi connectivity index (χ0) is 24.5. The number of nitrogens with one attached hydrogen (secondary N) is 1. The smallest absolute Gasteiger partial charge is 0.234 e. The van der Waals surface area contributed by atoms with Crippen LogP contribution in [-0.4, -0.2) is 40.1 Å². The molecule has 10 heteroatoms. The number of rotatable bonds is 12. The van der Waals surface area contributed by atoms with Crippen LogP contribution in [0.25, 0.3) is 0 Å². The highest BCUT2D eigenvalue weighted by Gasteiger charge is 2.15. The van der Waals surface area contributed by atoms with Crippen LogP contribution in [0.1, 0.15) is 17.8 Å². The van der Waals surface area contributed by atoms with Crippen LogP contribution in [0.2, 0.25) is 5.02 Å². The molecule has 0 aliphatic carbocycles. The molecule has 1 heterocycles. The summed E-state index contributed by atoms with van der Waals surface area (Å²) in [5, 5.41) is 12.6. The second kappa shape index (κ2) is 12.8. The summed E-state index contributed by atoms with van der Waals surface area (Å²) in [4.78, 5) is 12.5. The molecular weight excluding hydrogens is 540 g/mol. The van der Waals surface area contributed by atoms with Crippen molar-refractivity contribution in [2.45, 2.75) is 31.5 Å². The topological polar surface area (TPSA) is 78.3 Å². The second-order valence-corrected chi connectivity index (χ2v) is 9.64. The number of allylic oxidation sites excluding steroid dienone is 1. The number of thioether (sulfide) groups is 1. The average Bonchev–Trinajstić information content (AvgIpc) is 3.18. The van der Waals surface area contributed by atoms with Crippen molar-refractivity contribution in [3.05, 3.63) is 69.9 Å². The van der Waals surface area contributed by atoms with E-state index in [1.807, 2.05) is 29.7 Å². The molecule has 34 heavy (non-hydrogen) atoms. The molecule has 0 radical (unpaired) electrons. The number of hydrogen-bond acceptors (Lipinski definition) is 6. The number of ether oxygens (including phenoxy) is 2. The summed E-state index contributed by atoms with van der Waals surface area (Å²) in [7, 11) is 1.54. The van der Waals surface area contributed by atoms with Crippen LogP contribution in [0.15, 0.2) is 58.7 Å². The van der Waals surface area contributed by atoms with E-state index < -0.39 is 0 Å². The highest BCUT2D eigenvalue weighted by Crippen LogP contribution is 2.28. The van der Waals surface area contributed by atoms with Crippen molar-refractivity contribution in [2.24, 2.45) is 0 Å². The lowest BCUT2D eigenvalue weighted by atomic mass is 10.2. The molecule has 0 aliphatic heterocycles. The van der Waals surface area contributed by atoms with Crippen molar-refractivity contribution >= 4 is 50.9 Å². The molecule has 0 aliphatic rings. The van der Waals surface area contributed by atoms with Crippen LogP contribution in [0.3, 0.4) is 0 Å². The number of aromatic nitrogens is 3. The summed E-state index contributed by atoms with van der Waals surface area (Å²) < 4.78 is 14.2. The lowest BCUT2D eigenvalue weighted by molar-refractivity contribution is -0.113. The lowest BCUT2D eigenvalue weighted by Gasteiger charge is -2.11. The molecular formula is C24H26BrClN4O3S. The molecule has 7 nitrogen and oxygen atoms in total. The summed E-state index contributed by atoms with van der Waals surface area (Å²) in [6.45, 7) is 6.97. The number of carbonyl (C=O) groups excluding carboxylic acids is 1. The van der Waals surface area contributed by atoms with Crippen molar-refractivity contribution in [1.82, 2.24) is 14.8 Å². The van der Waals surface area contributed by atoms with E-state index in [0.29, 0.717) is 41.2 Å². The van der Waals surface area contributed by atoms with Gasteiger partial charge in [-0.15, -0.1) is 16.8 Å². The average molecular weight is 566 g/mol. The van der Waals surface area contributed by atoms with Gasteiger partial charge < -0.3 is 19.4 Å². The van der Waals surface area contributed by atoms with Crippen molar-refractivity contribution in [2.75, 3.05) is 24.8 Å². The molecule has 3 aromatic rings. The molecule has 0 bridgehead atoms. The number of amides is 1. The largest absolute Gasteiger partial charge is 0.495 e. The first kappa shape index (κ1) is 26.1. The van der Waals surface area contributed by atoms with E-state index in [1.165, 1.54) is 18.9 Å². The molecule has 0 spiro atoms. The molecule has 3 rings (SSSR count). The van der Waals surface area contributed by atoms with Gasteiger partial charge in [-0.3, -0.25) is 4.79 Å². The predicted octanol–water partition coefficient (Wildman–Crippen LogP) is 5.94. The first-order valence-corrected chi connectivity index (χ1v) is 12.7. The molecule has 0 saturated heterocycles. The Morgan fingerprint density at radius 2 is 2.06 bits per heavy atom. The quantitative estimate of drug-likeness (QED) is 0.166. The third-order valence-electron chi connectivity index (χ3n) is 4.81. The van der Waals surface area contributed by atoms with Gasteiger partial charge in [0.25, 0.3) is 0 Å². The van der Waals surface area contributed by atoms with Gasteiger partial charge in [0.1, 0.15) is 17.3 Å². The Labute approximate surface area is 217 Å². The Kier molecular flexibility index (Phi) is 9.86. The second-order valence-electron chi connectivity index (χ2n) is 7.34. The van der Waals surface area contributed by atoms with Crippen LogP contribution in [-0.2, 0) is 17.8 Å². The van der Waals surface area contributed by atoms with Crippen molar-refractivity contribution in [3.8, 4) is 11.5 Å². The molecule has 0 saturated carbocycles. The van der Waals surface area contributed by atoms with Crippen molar-refractivity contribution < 1.29 is 14.3 Å². The highest BCUT2D eigenvalue weighted by atomic mass is 79.9. The van der Waals surface area contributed by atoms with Gasteiger partial charge in [-0.1, -0.05) is 45.4 Å². The minimum Gasteiger partial charge on any atom is -0.495 e. The minimum absolute atomic E-state index is 0.164. The predicted molar refractivity (Wildman–Crippen MR) is 140 cm³/mol. The normalized spacial score (nSPS) is 10.7. The zero-order valence-electron chi connectivity index (χ0n) is 19.0. The number of aryl methyl sites for hydroxylation is 2. The van der Waals surface area contributed by atoms with Gasteiger partial charge in [0.05, 0.1) is 25.2 Å². The molecule has 0 unspecified atom stereocenters. The minimum atomic E-state index is -0.196. The Bertz CT molecular complexity index is 1160. The molecule has 180 valence electrons. The van der Waals surface area contributed by atoms with Gasteiger partial charge in [0.15, 0.2) is 5.16 Å². The third-order valence-corrected chi connectivity index (χ3v) is 6.51. The van der Waals surface area contributed by atoms with Crippen LogP contribution in [0.5, 0.6) is 11.5 Å². The molecule has 2 aromatic carbocycles. The molecule has 1 aromatic heterocycles. The van der Waals surface area contributed by atoms with E-state index in [-0.39, 0.29) is 11.7 Å². The van der Waals surface area contributed by atoms with Gasteiger partial charge in [-0.25, -0.2) is 0 Å². The fraction of sp³-hybridized carbons (Fsp3) is 0.292. The lowest BCUT2D eigenvalue weighted by Crippen LogP contribution is -2.15. The maximum Gasteiger partial charge on any atom is 0.234 e. The SMILES string of the molecule is C=CCn1c(CCCOc2ccc(Br)cc2C)nnc1SCC(=O)Nc1cc(Cl)ccc1OC. The van der Waals surface area contributed by atoms with E-state index in [9.17, 15) is 4.79 Å². The number of benzene rings is 2. The van der Waals surface area contributed by atoms with Gasteiger partial charge in [0.2, 0.25) is 5.91 Å². The monoisotopic (exact) mass is 564 g/mol. The first-order chi connectivity index (χ1) is 16.4. The number of carbonyl (C=O) groups is 1. The zero-order valence-corrected chi connectivity index (χ0v) is 22.2. The fourth-order valence-corrected chi connectivity index (χ4v) is 4.62. The van der Waals surface area contributed by atoms with E-state index in [4.69, 9.17) is 21.1 Å². The summed E-state index contributed by atoms with van der Waals surface area (Å²) in [5.74, 6) is 2.21. The first-order valence-electron chi connectivity index (χ1n) is 10.6. The van der Waals surface area contributed by atoms with E-state index in [1.54, 1.807) is 24.3 Å². The van der Waals surface area contributed by atoms with E-state index in [2.05, 4.69) is 38.0 Å². The van der Waals surface area contributed by atoms with Gasteiger partial charge >= 0.3 is 0 Å². The molecule has 1 amide bonds.